The predicted octanol–water partition coefficient (Wildman–Crippen LogP) is 8.76. The largest absolute Gasteiger partial charge is 0.490 e. The first kappa shape index (κ1) is 44.7. The maximum absolute atomic E-state index is 15.0. The van der Waals surface area contributed by atoms with E-state index in [1.807, 2.05) is 37.3 Å². The van der Waals surface area contributed by atoms with Gasteiger partial charge in [0.2, 0.25) is 18.2 Å². The summed E-state index contributed by atoms with van der Waals surface area (Å²) in [5.74, 6) is 0.793. The number of benzene rings is 3. The zero-order valence-corrected chi connectivity index (χ0v) is 38.2. The average Bonchev–Trinajstić information content (AvgIpc) is 3.99. The fourth-order valence-electron chi connectivity index (χ4n) is 9.86. The highest BCUT2D eigenvalue weighted by molar-refractivity contribution is 7.91. The summed E-state index contributed by atoms with van der Waals surface area (Å²) in [6.07, 6.45) is 1.14. The second-order valence-corrected chi connectivity index (χ2v) is 24.8. The van der Waals surface area contributed by atoms with Gasteiger partial charge in [-0.25, -0.2) is 8.42 Å². The molecule has 0 aromatic heterocycles. The molecule has 7 atom stereocenters. The zero-order valence-electron chi connectivity index (χ0n) is 36.4. The molecular formula is C46H68N2O8SSi. The summed E-state index contributed by atoms with van der Waals surface area (Å²) >= 11 is 0. The SMILES string of the molecule is COCCCN1CCOc2ccc(C(O[C@H]3CNC[C@@H](O[Si](C(C)C)(C(C)C)C(C)C)[C@@H]3c3ccc([C@@H](OC)C4C[C@@H]4OC)cc3)S(=O)(=O)c3ccc(C)cc3)cc21. The monoisotopic (exact) mass is 836 g/mol. The minimum atomic E-state index is -4.06. The van der Waals surface area contributed by atoms with Crippen LogP contribution in [0.1, 0.15) is 94.1 Å². The van der Waals surface area contributed by atoms with Crippen LogP contribution in [0.15, 0.2) is 71.6 Å². The minimum Gasteiger partial charge on any atom is -0.490 e. The summed E-state index contributed by atoms with van der Waals surface area (Å²) < 4.78 is 67.9. The Labute approximate surface area is 349 Å². The summed E-state index contributed by atoms with van der Waals surface area (Å²) in [5, 5.41) is 3.64. The lowest BCUT2D eigenvalue weighted by Gasteiger charge is -2.49. The molecule has 1 aliphatic carbocycles. The molecule has 0 bridgehead atoms. The number of ether oxygens (including phenoxy) is 5. The van der Waals surface area contributed by atoms with Crippen LogP contribution in [-0.2, 0) is 33.2 Å². The third-order valence-corrected chi connectivity index (χ3v) is 20.9. The molecule has 6 rings (SSSR count). The molecule has 1 saturated carbocycles. The summed E-state index contributed by atoms with van der Waals surface area (Å²) in [6, 6.07) is 21.4. The van der Waals surface area contributed by atoms with Crippen LogP contribution in [0.25, 0.3) is 0 Å². The molecule has 3 aromatic carbocycles. The first-order chi connectivity index (χ1) is 27.8. The van der Waals surface area contributed by atoms with Crippen LogP contribution >= 0.6 is 0 Å². The Morgan fingerprint density at radius 3 is 2.10 bits per heavy atom. The van der Waals surface area contributed by atoms with Crippen molar-refractivity contribution >= 4 is 23.8 Å². The minimum absolute atomic E-state index is 0.0694. The Balaban J connectivity index is 1.44. The molecule has 320 valence electrons. The molecule has 2 unspecified atom stereocenters. The van der Waals surface area contributed by atoms with Crippen molar-refractivity contribution in [2.75, 3.05) is 65.6 Å². The van der Waals surface area contributed by atoms with E-state index in [2.05, 4.69) is 76.0 Å². The smallest absolute Gasteiger partial charge is 0.209 e. The zero-order chi connectivity index (χ0) is 41.8. The number of fused-ring (bicyclic) bond motifs is 1. The molecule has 2 aliphatic heterocycles. The van der Waals surface area contributed by atoms with Gasteiger partial charge in [0, 0.05) is 59.4 Å². The first-order valence-corrected chi connectivity index (χ1v) is 25.0. The van der Waals surface area contributed by atoms with Gasteiger partial charge in [-0.3, -0.25) is 0 Å². The van der Waals surface area contributed by atoms with Crippen LogP contribution in [0.4, 0.5) is 5.69 Å². The first-order valence-electron chi connectivity index (χ1n) is 21.3. The van der Waals surface area contributed by atoms with Crippen LogP contribution in [0, 0.1) is 12.8 Å². The van der Waals surface area contributed by atoms with E-state index in [1.165, 1.54) is 0 Å². The second-order valence-electron chi connectivity index (χ2n) is 17.4. The van der Waals surface area contributed by atoms with Crippen molar-refractivity contribution in [3.8, 4) is 5.75 Å². The van der Waals surface area contributed by atoms with E-state index in [0.717, 1.165) is 47.5 Å². The molecule has 1 N–H and O–H groups in total. The number of piperidine rings is 1. The van der Waals surface area contributed by atoms with Crippen molar-refractivity contribution in [1.82, 2.24) is 5.32 Å². The highest BCUT2D eigenvalue weighted by Crippen LogP contribution is 2.48. The molecule has 3 aliphatic rings. The molecule has 0 amide bonds. The van der Waals surface area contributed by atoms with E-state index in [1.54, 1.807) is 33.5 Å². The molecular weight excluding hydrogens is 769 g/mol. The number of methoxy groups -OCH3 is 3. The molecule has 0 spiro atoms. The summed E-state index contributed by atoms with van der Waals surface area (Å²) in [7, 11) is -1.21. The topological polar surface area (TPSA) is 105 Å². The van der Waals surface area contributed by atoms with Gasteiger partial charge in [-0.1, -0.05) is 89.6 Å². The van der Waals surface area contributed by atoms with Crippen molar-refractivity contribution in [2.24, 2.45) is 5.92 Å². The van der Waals surface area contributed by atoms with Crippen molar-refractivity contribution < 1.29 is 36.5 Å². The molecule has 12 heteroatoms. The quantitative estimate of drug-likeness (QED) is 0.0932. The van der Waals surface area contributed by atoms with E-state index in [9.17, 15) is 0 Å². The van der Waals surface area contributed by atoms with E-state index in [-0.39, 0.29) is 29.1 Å². The normalized spacial score (nSPS) is 23.5. The van der Waals surface area contributed by atoms with Gasteiger partial charge >= 0.3 is 0 Å². The molecule has 2 fully saturated rings. The number of hydrogen-bond acceptors (Lipinski definition) is 10. The number of nitrogens with one attached hydrogen (secondary N) is 1. The summed E-state index contributed by atoms with van der Waals surface area (Å²) in [5.41, 5.74) is 4.37. The standard InChI is InChI=1S/C46H68N2O8SSi/c1-30(2)58(31(3)4,32(5)6)56-43-29-47-28-42(44(43)34-14-16-35(17-15-34)45(53-10)38-27-41(38)52-9)55-46(57(49,50)37-19-12-33(7)13-20-37)36-18-21-40-39(26-36)48(23-25-54-40)22-11-24-51-8/h12-21,26,30-32,38,41-47H,11,22-25,27-29H2,1-10H3/t38?,41-,42-,43+,44+,45+,46?/m0/s1. The van der Waals surface area contributed by atoms with E-state index in [4.69, 9.17) is 28.1 Å². The van der Waals surface area contributed by atoms with Crippen LogP contribution in [0.5, 0.6) is 5.75 Å². The van der Waals surface area contributed by atoms with Crippen molar-refractivity contribution in [1.29, 1.82) is 0 Å². The lowest BCUT2D eigenvalue weighted by molar-refractivity contribution is -0.0365. The Morgan fingerprint density at radius 1 is 0.845 bits per heavy atom. The Kier molecular flexibility index (Phi) is 14.9. The second kappa shape index (κ2) is 19.3. The summed E-state index contributed by atoms with van der Waals surface area (Å²) in [6.45, 7) is 19.5. The molecule has 10 nitrogen and oxygen atoms in total. The van der Waals surface area contributed by atoms with Gasteiger partial charge in [0.1, 0.15) is 12.4 Å². The highest BCUT2D eigenvalue weighted by atomic mass is 32.2. The van der Waals surface area contributed by atoms with E-state index >= 15 is 8.42 Å². The van der Waals surface area contributed by atoms with Crippen molar-refractivity contribution in [3.63, 3.8) is 0 Å². The van der Waals surface area contributed by atoms with Gasteiger partial charge in [0.25, 0.3) is 0 Å². The van der Waals surface area contributed by atoms with Crippen LogP contribution < -0.4 is 15.0 Å². The Hall–Kier alpha value is -2.81. The van der Waals surface area contributed by atoms with Gasteiger partial charge in [-0.2, -0.15) is 0 Å². The molecule has 1 saturated heterocycles. The highest BCUT2D eigenvalue weighted by Gasteiger charge is 2.50. The van der Waals surface area contributed by atoms with Gasteiger partial charge in [-0.05, 0) is 77.3 Å². The number of hydrogen-bond donors (Lipinski definition) is 1. The average molecular weight is 837 g/mol. The molecule has 58 heavy (non-hydrogen) atoms. The fraction of sp³-hybridized carbons (Fsp3) is 0.609. The van der Waals surface area contributed by atoms with Gasteiger partial charge in [0.05, 0.1) is 41.5 Å². The molecule has 3 aromatic rings. The van der Waals surface area contributed by atoms with Crippen LogP contribution in [0.3, 0.4) is 0 Å². The lowest BCUT2D eigenvalue weighted by atomic mass is 9.84. The third-order valence-electron chi connectivity index (χ3n) is 12.8. The van der Waals surface area contributed by atoms with Gasteiger partial charge in [-0.15, -0.1) is 0 Å². The van der Waals surface area contributed by atoms with Crippen molar-refractivity contribution in [3.05, 3.63) is 89.0 Å². The number of sulfone groups is 1. The van der Waals surface area contributed by atoms with Gasteiger partial charge < -0.3 is 38.3 Å². The number of anilines is 1. The number of nitrogens with zero attached hydrogens (tertiary/aromatic N) is 1. The van der Waals surface area contributed by atoms with Gasteiger partial charge in [0.15, 0.2) is 5.44 Å². The lowest BCUT2D eigenvalue weighted by Crippen LogP contribution is -2.58. The molecule has 0 radical (unpaired) electrons. The van der Waals surface area contributed by atoms with E-state index < -0.39 is 29.7 Å². The number of aryl methyl sites for hydroxylation is 1. The van der Waals surface area contributed by atoms with Crippen molar-refractivity contribution in [2.45, 2.75) is 119 Å². The van der Waals surface area contributed by atoms with Crippen LogP contribution in [-0.4, -0.2) is 95.8 Å². The molecule has 2 heterocycles. The summed E-state index contributed by atoms with van der Waals surface area (Å²) in [4.78, 5) is 2.47. The third kappa shape index (κ3) is 9.39. The fourth-order valence-corrected chi connectivity index (χ4v) is 17.0. The predicted molar refractivity (Wildman–Crippen MR) is 233 cm³/mol. The Bertz CT molecular complexity index is 1870. The van der Waals surface area contributed by atoms with Crippen LogP contribution in [0.2, 0.25) is 16.6 Å². The van der Waals surface area contributed by atoms with E-state index in [0.29, 0.717) is 61.0 Å². The Morgan fingerprint density at radius 2 is 1.50 bits per heavy atom. The maximum Gasteiger partial charge on any atom is 0.209 e. The number of rotatable bonds is 19. The maximum atomic E-state index is 15.0.